The molecule has 0 unspecified atom stereocenters. The average molecular weight is 462 g/mol. The highest BCUT2D eigenvalue weighted by molar-refractivity contribution is 9.10. The van der Waals surface area contributed by atoms with E-state index in [0.717, 1.165) is 40.9 Å². The molecule has 0 atom stereocenters. The normalized spacial score (nSPS) is 14.9. The molecule has 146 valence electrons. The number of Topliss-reactive ketones (excluding diaryl/α,β-unsaturated/α-hetero) is 1. The highest BCUT2D eigenvalue weighted by Crippen LogP contribution is 2.41. The highest BCUT2D eigenvalue weighted by Gasteiger charge is 2.26. The summed E-state index contributed by atoms with van der Waals surface area (Å²) in [7, 11) is 0. The van der Waals surface area contributed by atoms with Crippen LogP contribution in [0.1, 0.15) is 41.4 Å². The molecular formula is C22H22BrClN2O2. The first kappa shape index (κ1) is 19.5. The van der Waals surface area contributed by atoms with Gasteiger partial charge < -0.3 is 9.67 Å². The Bertz CT molecular complexity index is 1070. The third-order valence-electron chi connectivity index (χ3n) is 5.54. The van der Waals surface area contributed by atoms with Crippen molar-refractivity contribution >= 4 is 44.2 Å². The topological polar surface area (TPSA) is 45.5 Å². The standard InChI is InChI=1S/C22H22BrClN2O2/c1-13-20(14(2)27)21-17(12-25-9-3-4-10-25)22(28)18(23)11-19(21)26(13)16-7-5-15(24)6-8-16/h5-8,11,28H,3-4,9-10,12H2,1-2H3. The second kappa shape index (κ2) is 7.54. The molecule has 0 aliphatic carbocycles. The number of likely N-dealkylation sites (tertiary alicyclic amines) is 1. The van der Waals surface area contributed by atoms with Crippen molar-refractivity contribution in [2.24, 2.45) is 0 Å². The maximum atomic E-state index is 12.6. The van der Waals surface area contributed by atoms with Crippen molar-refractivity contribution in [2.75, 3.05) is 13.1 Å². The van der Waals surface area contributed by atoms with E-state index in [1.807, 2.05) is 37.3 Å². The van der Waals surface area contributed by atoms with Crippen molar-refractivity contribution < 1.29 is 9.90 Å². The van der Waals surface area contributed by atoms with Crippen molar-refractivity contribution in [3.63, 3.8) is 0 Å². The zero-order valence-electron chi connectivity index (χ0n) is 15.9. The molecule has 4 nitrogen and oxygen atoms in total. The van der Waals surface area contributed by atoms with E-state index in [9.17, 15) is 9.90 Å². The van der Waals surface area contributed by atoms with Crippen LogP contribution < -0.4 is 0 Å². The molecule has 1 aromatic heterocycles. The van der Waals surface area contributed by atoms with Gasteiger partial charge in [-0.25, -0.2) is 0 Å². The van der Waals surface area contributed by atoms with Gasteiger partial charge in [0.05, 0.1) is 9.99 Å². The molecule has 1 aliphatic rings. The number of carbonyl (C=O) groups excluding carboxylic acids is 1. The summed E-state index contributed by atoms with van der Waals surface area (Å²) in [6.07, 6.45) is 2.34. The van der Waals surface area contributed by atoms with E-state index in [1.165, 1.54) is 12.8 Å². The predicted octanol–water partition coefficient (Wildman–Crippen LogP) is 5.86. The van der Waals surface area contributed by atoms with E-state index in [1.54, 1.807) is 6.92 Å². The van der Waals surface area contributed by atoms with E-state index < -0.39 is 0 Å². The number of phenolic OH excluding ortho intramolecular Hbond substituents is 1. The number of nitrogens with zero attached hydrogens (tertiary/aromatic N) is 2. The molecule has 1 aliphatic heterocycles. The van der Waals surface area contributed by atoms with E-state index in [0.29, 0.717) is 21.6 Å². The number of carbonyl (C=O) groups is 1. The van der Waals surface area contributed by atoms with Crippen LogP contribution in [0.15, 0.2) is 34.8 Å². The van der Waals surface area contributed by atoms with Crippen LogP contribution in [-0.4, -0.2) is 33.4 Å². The van der Waals surface area contributed by atoms with Crippen LogP contribution in [0.5, 0.6) is 5.75 Å². The molecule has 0 spiro atoms. The molecular weight excluding hydrogens is 440 g/mol. The van der Waals surface area contributed by atoms with Gasteiger partial charge in [0.15, 0.2) is 5.78 Å². The fourth-order valence-corrected chi connectivity index (χ4v) is 4.86. The van der Waals surface area contributed by atoms with Crippen LogP contribution in [0.3, 0.4) is 0 Å². The molecule has 0 saturated carbocycles. The number of benzene rings is 2. The summed E-state index contributed by atoms with van der Waals surface area (Å²) in [5.41, 5.74) is 4.19. The third-order valence-corrected chi connectivity index (χ3v) is 6.40. The smallest absolute Gasteiger partial charge is 0.162 e. The van der Waals surface area contributed by atoms with Crippen LogP contribution in [0.25, 0.3) is 16.6 Å². The summed E-state index contributed by atoms with van der Waals surface area (Å²) in [5.74, 6) is 0.217. The van der Waals surface area contributed by atoms with E-state index in [-0.39, 0.29) is 11.5 Å². The minimum Gasteiger partial charge on any atom is -0.506 e. The largest absolute Gasteiger partial charge is 0.506 e. The van der Waals surface area contributed by atoms with Crippen molar-refractivity contribution in [1.82, 2.24) is 9.47 Å². The Morgan fingerprint density at radius 1 is 1.21 bits per heavy atom. The zero-order valence-corrected chi connectivity index (χ0v) is 18.3. The van der Waals surface area contributed by atoms with Gasteiger partial charge in [-0.05, 0) is 86.0 Å². The SMILES string of the molecule is CC(=O)c1c(C)n(-c2ccc(Cl)cc2)c2cc(Br)c(O)c(CN3CCCC3)c12. The Labute approximate surface area is 177 Å². The van der Waals surface area contributed by atoms with Gasteiger partial charge in [-0.15, -0.1) is 0 Å². The number of rotatable bonds is 4. The average Bonchev–Trinajstić information content (AvgIpc) is 3.25. The van der Waals surface area contributed by atoms with Gasteiger partial charge in [-0.3, -0.25) is 9.69 Å². The maximum absolute atomic E-state index is 12.6. The molecule has 6 heteroatoms. The van der Waals surface area contributed by atoms with Gasteiger partial charge in [0.25, 0.3) is 0 Å². The second-order valence-electron chi connectivity index (χ2n) is 7.39. The molecule has 1 N–H and O–H groups in total. The highest BCUT2D eigenvalue weighted by atomic mass is 79.9. The van der Waals surface area contributed by atoms with Gasteiger partial charge in [0.2, 0.25) is 0 Å². The van der Waals surface area contributed by atoms with Crippen LogP contribution >= 0.6 is 27.5 Å². The predicted molar refractivity (Wildman–Crippen MR) is 117 cm³/mol. The lowest BCUT2D eigenvalue weighted by Crippen LogP contribution is -2.19. The van der Waals surface area contributed by atoms with E-state index in [2.05, 4.69) is 25.4 Å². The number of halogens is 2. The minimum atomic E-state index is -0.000363. The van der Waals surface area contributed by atoms with Gasteiger partial charge in [-0.1, -0.05) is 11.6 Å². The maximum Gasteiger partial charge on any atom is 0.162 e. The van der Waals surface area contributed by atoms with Crippen molar-refractivity contribution in [2.45, 2.75) is 33.2 Å². The van der Waals surface area contributed by atoms with Crippen LogP contribution in [0, 0.1) is 6.92 Å². The molecule has 0 radical (unpaired) electrons. The summed E-state index contributed by atoms with van der Waals surface area (Å²) in [5, 5.41) is 12.4. The lowest BCUT2D eigenvalue weighted by atomic mass is 10.0. The Balaban J connectivity index is 2.04. The molecule has 0 amide bonds. The van der Waals surface area contributed by atoms with Gasteiger partial charge >= 0.3 is 0 Å². The molecule has 1 fully saturated rings. The zero-order chi connectivity index (χ0) is 20.0. The first-order valence-electron chi connectivity index (χ1n) is 9.43. The lowest BCUT2D eigenvalue weighted by molar-refractivity contribution is 0.101. The molecule has 28 heavy (non-hydrogen) atoms. The summed E-state index contributed by atoms with van der Waals surface area (Å²) in [4.78, 5) is 15.0. The fourth-order valence-electron chi connectivity index (χ4n) is 4.28. The number of aromatic hydroxyl groups is 1. The van der Waals surface area contributed by atoms with E-state index in [4.69, 9.17) is 11.6 Å². The Morgan fingerprint density at radius 2 is 1.86 bits per heavy atom. The monoisotopic (exact) mass is 460 g/mol. The molecule has 4 rings (SSSR count). The number of aromatic nitrogens is 1. The minimum absolute atomic E-state index is 0.000363. The Hall–Kier alpha value is -1.82. The summed E-state index contributed by atoms with van der Waals surface area (Å²) < 4.78 is 2.71. The van der Waals surface area contributed by atoms with Gasteiger partial charge in [0.1, 0.15) is 5.75 Å². The number of hydrogen-bond donors (Lipinski definition) is 1. The number of hydrogen-bond acceptors (Lipinski definition) is 3. The number of fused-ring (bicyclic) bond motifs is 1. The van der Waals surface area contributed by atoms with Crippen molar-refractivity contribution in [3.05, 3.63) is 56.6 Å². The van der Waals surface area contributed by atoms with E-state index >= 15 is 0 Å². The quantitative estimate of drug-likeness (QED) is 0.495. The first-order valence-corrected chi connectivity index (χ1v) is 10.6. The molecule has 2 heterocycles. The molecule has 0 bridgehead atoms. The Morgan fingerprint density at radius 3 is 2.46 bits per heavy atom. The third kappa shape index (κ3) is 3.25. The van der Waals surface area contributed by atoms with Crippen molar-refractivity contribution in [3.8, 4) is 11.4 Å². The molecule has 2 aromatic carbocycles. The van der Waals surface area contributed by atoms with Crippen LogP contribution in [-0.2, 0) is 6.54 Å². The summed E-state index contributed by atoms with van der Waals surface area (Å²) in [6, 6.07) is 9.47. The number of ketones is 1. The second-order valence-corrected chi connectivity index (χ2v) is 8.68. The van der Waals surface area contributed by atoms with Gasteiger partial charge in [-0.2, -0.15) is 0 Å². The lowest BCUT2D eigenvalue weighted by Gasteiger charge is -2.18. The Kier molecular flexibility index (Phi) is 5.25. The van der Waals surface area contributed by atoms with Crippen molar-refractivity contribution in [1.29, 1.82) is 0 Å². The number of phenols is 1. The first-order chi connectivity index (χ1) is 13.4. The van der Waals surface area contributed by atoms with Crippen LogP contribution in [0.2, 0.25) is 5.02 Å². The summed E-state index contributed by atoms with van der Waals surface area (Å²) >= 11 is 9.59. The molecule has 1 saturated heterocycles. The fraction of sp³-hybridized carbons (Fsp3) is 0.318. The summed E-state index contributed by atoms with van der Waals surface area (Å²) in [6.45, 7) is 6.20. The molecule has 3 aromatic rings. The van der Waals surface area contributed by atoms with Crippen LogP contribution in [0.4, 0.5) is 0 Å². The van der Waals surface area contributed by atoms with Gasteiger partial charge in [0, 0.05) is 39.5 Å².